The van der Waals surface area contributed by atoms with Crippen LogP contribution < -0.4 is 14.7 Å². The molecule has 0 aromatic heterocycles. The van der Waals surface area contributed by atoms with E-state index in [9.17, 15) is 15.5 Å². The summed E-state index contributed by atoms with van der Waals surface area (Å²) in [7, 11) is 2.88. The molecule has 0 radical (unpaired) electrons. The molecule has 3 N–H and O–H groups in total. The molecule has 0 saturated heterocycles. The van der Waals surface area contributed by atoms with E-state index in [1.54, 1.807) is 24.3 Å². The first-order valence-electron chi connectivity index (χ1n) is 6.30. The van der Waals surface area contributed by atoms with Crippen LogP contribution in [0.15, 0.2) is 42.5 Å². The molecule has 21 heavy (non-hydrogen) atoms. The summed E-state index contributed by atoms with van der Waals surface area (Å²) in [6.45, 7) is 0. The first-order chi connectivity index (χ1) is 10.1. The summed E-state index contributed by atoms with van der Waals surface area (Å²) in [5, 5.41) is 30.1. The topological polar surface area (TPSA) is 86.4 Å². The van der Waals surface area contributed by atoms with E-state index in [0.717, 1.165) is 0 Å². The van der Waals surface area contributed by atoms with Gasteiger partial charge in [-0.05, 0) is 11.6 Å². The number of nitrogens with one attached hydrogen (secondary N) is 1. The maximum atomic E-state index is 11.4. The van der Waals surface area contributed by atoms with Crippen LogP contribution >= 0.6 is 0 Å². The molecule has 2 unspecified atom stereocenters. The first kappa shape index (κ1) is 15.3. The Kier molecular flexibility index (Phi) is 4.77. The summed E-state index contributed by atoms with van der Waals surface area (Å²) < 4.78 is 10.3. The zero-order valence-electron chi connectivity index (χ0n) is 11.7. The minimum absolute atomic E-state index is 0.0241. The van der Waals surface area contributed by atoms with Crippen molar-refractivity contribution < 1.29 is 25.0 Å². The summed E-state index contributed by atoms with van der Waals surface area (Å²) in [5.41, 5.74) is 0.836. The monoisotopic (exact) mass is 291 g/mol. The predicted octanol–water partition coefficient (Wildman–Crippen LogP) is 1.19. The van der Waals surface area contributed by atoms with Crippen molar-refractivity contribution in [1.29, 1.82) is 0 Å². The Balaban J connectivity index is 2.55. The minimum atomic E-state index is -1.14. The highest BCUT2D eigenvalue weighted by molar-refractivity contribution is 5.56. The molecule has 2 aromatic rings. The minimum Gasteiger partial charge on any atom is -0.595 e. The van der Waals surface area contributed by atoms with E-state index in [4.69, 9.17) is 9.47 Å². The van der Waals surface area contributed by atoms with E-state index in [2.05, 4.69) is 0 Å². The van der Waals surface area contributed by atoms with Gasteiger partial charge in [-0.1, -0.05) is 30.3 Å². The molecule has 0 saturated carbocycles. The maximum Gasteiger partial charge on any atom is 0.174 e. The van der Waals surface area contributed by atoms with Crippen molar-refractivity contribution in [1.82, 2.24) is 0 Å². The van der Waals surface area contributed by atoms with E-state index in [-0.39, 0.29) is 11.3 Å². The zero-order chi connectivity index (χ0) is 15.4. The van der Waals surface area contributed by atoms with Gasteiger partial charge < -0.3 is 19.8 Å². The highest BCUT2D eigenvalue weighted by Crippen LogP contribution is 2.36. The summed E-state index contributed by atoms with van der Waals surface area (Å²) >= 11 is 0. The quantitative estimate of drug-likeness (QED) is 0.720. The van der Waals surface area contributed by atoms with Crippen molar-refractivity contribution in [3.8, 4) is 11.5 Å². The molecule has 0 aliphatic rings. The Morgan fingerprint density at radius 1 is 1.05 bits per heavy atom. The van der Waals surface area contributed by atoms with E-state index in [1.165, 1.54) is 26.4 Å². The molecule has 0 bridgehead atoms. The number of quaternary nitrogens is 1. The van der Waals surface area contributed by atoms with Crippen LogP contribution in [0.2, 0.25) is 0 Å². The van der Waals surface area contributed by atoms with Crippen LogP contribution in [0, 0.1) is 5.21 Å². The van der Waals surface area contributed by atoms with E-state index < -0.39 is 11.3 Å². The fourth-order valence-corrected chi connectivity index (χ4v) is 2.12. The Hall–Kier alpha value is -2.12. The van der Waals surface area contributed by atoms with Crippen LogP contribution in [0.4, 0.5) is 5.69 Å². The standard InChI is InChI=1S/C15H17NO5/c1-20-13-8-11(12(16(18)19)9-14(13)21-2)15(17)10-6-4-3-5-7-10/h3-9,15-18H,1-2H3. The van der Waals surface area contributed by atoms with Gasteiger partial charge in [0.25, 0.3) is 0 Å². The van der Waals surface area contributed by atoms with Gasteiger partial charge in [0.1, 0.15) is 6.10 Å². The average molecular weight is 291 g/mol. The van der Waals surface area contributed by atoms with Crippen molar-refractivity contribution >= 4 is 5.69 Å². The first-order valence-corrected chi connectivity index (χ1v) is 6.30. The third kappa shape index (κ3) is 3.14. The Morgan fingerprint density at radius 2 is 1.62 bits per heavy atom. The highest BCUT2D eigenvalue weighted by Gasteiger charge is 2.22. The van der Waals surface area contributed by atoms with Crippen LogP contribution in [0.25, 0.3) is 0 Å². The number of aliphatic hydroxyl groups is 1. The number of rotatable bonds is 5. The second-order valence-corrected chi connectivity index (χ2v) is 4.41. The van der Waals surface area contributed by atoms with E-state index in [0.29, 0.717) is 17.1 Å². The molecule has 0 fully saturated rings. The van der Waals surface area contributed by atoms with Gasteiger partial charge in [0, 0.05) is 6.07 Å². The molecule has 0 amide bonds. The van der Waals surface area contributed by atoms with Gasteiger partial charge in [0.2, 0.25) is 0 Å². The van der Waals surface area contributed by atoms with Crippen molar-refractivity contribution in [3.05, 3.63) is 58.8 Å². The number of hydrogen-bond acceptors (Lipinski definition) is 5. The largest absolute Gasteiger partial charge is 0.595 e. The SMILES string of the molecule is COc1cc(C(O)c2ccccc2)c([NH+]([O-])O)cc1OC. The molecular weight excluding hydrogens is 274 g/mol. The van der Waals surface area contributed by atoms with E-state index >= 15 is 0 Å². The fraction of sp³-hybridized carbons (Fsp3) is 0.200. The molecule has 0 aliphatic heterocycles. The van der Waals surface area contributed by atoms with Gasteiger partial charge in [0.05, 0.1) is 19.8 Å². The predicted molar refractivity (Wildman–Crippen MR) is 75.8 cm³/mol. The number of methoxy groups -OCH3 is 2. The number of benzene rings is 2. The number of ether oxygens (including phenoxy) is 2. The second kappa shape index (κ2) is 6.55. The summed E-state index contributed by atoms with van der Waals surface area (Å²) in [5.74, 6) is 0.673. The molecule has 0 heterocycles. The molecule has 2 atom stereocenters. The molecule has 6 nitrogen and oxygen atoms in total. The normalized spacial score (nSPS) is 13.6. The molecule has 2 rings (SSSR count). The van der Waals surface area contributed by atoms with Gasteiger partial charge in [-0.3, -0.25) is 0 Å². The fourth-order valence-electron chi connectivity index (χ4n) is 2.12. The average Bonchev–Trinajstić information content (AvgIpc) is 2.53. The molecule has 2 aromatic carbocycles. The van der Waals surface area contributed by atoms with Crippen molar-refractivity contribution in [2.75, 3.05) is 14.2 Å². The van der Waals surface area contributed by atoms with Crippen LogP contribution in [-0.4, -0.2) is 24.5 Å². The van der Waals surface area contributed by atoms with Crippen LogP contribution in [0.3, 0.4) is 0 Å². The zero-order valence-corrected chi connectivity index (χ0v) is 11.7. The summed E-state index contributed by atoms with van der Waals surface area (Å²) in [4.78, 5) is 0. The Bertz CT molecular complexity index is 601. The van der Waals surface area contributed by atoms with Crippen LogP contribution in [0.1, 0.15) is 17.2 Å². The molecular formula is C15H17NO5. The molecule has 6 heteroatoms. The Morgan fingerprint density at radius 3 is 2.14 bits per heavy atom. The summed E-state index contributed by atoms with van der Waals surface area (Å²) in [6, 6.07) is 11.7. The smallest absolute Gasteiger partial charge is 0.174 e. The van der Waals surface area contributed by atoms with Gasteiger partial charge in [-0.2, -0.15) is 5.23 Å². The Labute approximate surface area is 122 Å². The van der Waals surface area contributed by atoms with Crippen LogP contribution in [-0.2, 0) is 0 Å². The maximum absolute atomic E-state index is 11.4. The summed E-state index contributed by atoms with van der Waals surface area (Å²) in [6.07, 6.45) is -1.06. The van der Waals surface area contributed by atoms with Gasteiger partial charge >= 0.3 is 0 Å². The van der Waals surface area contributed by atoms with Crippen LogP contribution in [0.5, 0.6) is 11.5 Å². The van der Waals surface area contributed by atoms with Crippen molar-refractivity contribution in [2.45, 2.75) is 6.10 Å². The third-order valence-electron chi connectivity index (χ3n) is 3.20. The van der Waals surface area contributed by atoms with Gasteiger partial charge in [-0.15, -0.1) is 0 Å². The van der Waals surface area contributed by atoms with Gasteiger partial charge in [-0.25, -0.2) is 5.21 Å². The highest BCUT2D eigenvalue weighted by atomic mass is 16.8. The lowest BCUT2D eigenvalue weighted by molar-refractivity contribution is -0.991. The number of aliphatic hydroxyl groups excluding tert-OH is 1. The lowest BCUT2D eigenvalue weighted by Crippen LogP contribution is -2.99. The van der Waals surface area contributed by atoms with Crippen molar-refractivity contribution in [3.63, 3.8) is 0 Å². The number of hydrogen-bond donors (Lipinski definition) is 3. The van der Waals surface area contributed by atoms with E-state index in [1.807, 2.05) is 6.07 Å². The second-order valence-electron chi connectivity index (χ2n) is 4.41. The molecule has 0 spiro atoms. The van der Waals surface area contributed by atoms with Crippen molar-refractivity contribution in [2.24, 2.45) is 0 Å². The third-order valence-corrected chi connectivity index (χ3v) is 3.20. The molecule has 0 aliphatic carbocycles. The lowest BCUT2D eigenvalue weighted by atomic mass is 9.99. The van der Waals surface area contributed by atoms with Gasteiger partial charge in [0.15, 0.2) is 17.2 Å². The lowest BCUT2D eigenvalue weighted by Gasteiger charge is -2.21. The molecule has 112 valence electrons.